The van der Waals surface area contributed by atoms with Crippen LogP contribution in [0.1, 0.15) is 27.2 Å². The van der Waals surface area contributed by atoms with Crippen molar-refractivity contribution in [1.82, 2.24) is 5.01 Å². The lowest BCUT2D eigenvalue weighted by molar-refractivity contribution is -0.153. The van der Waals surface area contributed by atoms with E-state index >= 15 is 0 Å². The molecule has 0 amide bonds. The molecule has 0 aliphatic carbocycles. The fourth-order valence-corrected chi connectivity index (χ4v) is 2.03. The number of hydrogen-bond donors (Lipinski definition) is 1. The molecule has 1 atom stereocenters. The van der Waals surface area contributed by atoms with Gasteiger partial charge in [-0.25, -0.2) is 5.01 Å². The maximum Gasteiger partial charge on any atom is 0.316 e. The average molecular weight is 228 g/mol. The Hall–Kier alpha value is -0.940. The predicted molar refractivity (Wildman–Crippen MR) is 59.3 cm³/mol. The van der Waals surface area contributed by atoms with Crippen LogP contribution in [-0.2, 0) is 14.3 Å². The molecule has 2 N–H and O–H groups in total. The first-order valence-corrected chi connectivity index (χ1v) is 5.59. The Morgan fingerprint density at radius 1 is 1.62 bits per heavy atom. The van der Waals surface area contributed by atoms with Crippen LogP contribution in [0.15, 0.2) is 0 Å². The fraction of sp³-hybridized carbons (Fsp3) is 0.818. The summed E-state index contributed by atoms with van der Waals surface area (Å²) in [5, 5.41) is 1.59. The number of nitrogens with zero attached hydrogens (tertiary/aromatic N) is 1. The van der Waals surface area contributed by atoms with E-state index in [1.165, 1.54) is 0 Å². The van der Waals surface area contributed by atoms with Gasteiger partial charge >= 0.3 is 5.97 Å². The molecule has 1 aliphatic heterocycles. The molecule has 1 unspecified atom stereocenters. The number of esters is 1. The van der Waals surface area contributed by atoms with Crippen LogP contribution in [0, 0.1) is 11.3 Å². The van der Waals surface area contributed by atoms with Gasteiger partial charge < -0.3 is 4.74 Å². The largest absolute Gasteiger partial charge is 0.465 e. The summed E-state index contributed by atoms with van der Waals surface area (Å²) in [5.41, 5.74) is -0.595. The zero-order chi connectivity index (χ0) is 12.3. The van der Waals surface area contributed by atoms with Gasteiger partial charge in [0.1, 0.15) is 5.92 Å². The molecule has 1 heterocycles. The molecule has 5 heteroatoms. The first-order chi connectivity index (χ1) is 7.38. The molecule has 1 saturated heterocycles. The van der Waals surface area contributed by atoms with Crippen molar-refractivity contribution in [2.75, 3.05) is 19.7 Å². The van der Waals surface area contributed by atoms with Gasteiger partial charge in [0, 0.05) is 18.5 Å². The van der Waals surface area contributed by atoms with Crippen LogP contribution < -0.4 is 5.84 Å². The quantitative estimate of drug-likeness (QED) is 0.419. The van der Waals surface area contributed by atoms with Gasteiger partial charge in [-0.15, -0.1) is 0 Å². The number of carbonyl (C=O) groups is 2. The van der Waals surface area contributed by atoms with Crippen molar-refractivity contribution in [2.24, 2.45) is 17.2 Å². The minimum atomic E-state index is -0.663. The molecule has 1 fully saturated rings. The molecule has 0 radical (unpaired) electrons. The third-order valence-electron chi connectivity index (χ3n) is 2.86. The van der Waals surface area contributed by atoms with E-state index in [9.17, 15) is 9.59 Å². The number of hydrazine groups is 1. The summed E-state index contributed by atoms with van der Waals surface area (Å²) < 4.78 is 4.92. The molecule has 16 heavy (non-hydrogen) atoms. The van der Waals surface area contributed by atoms with Crippen LogP contribution in [0.5, 0.6) is 0 Å². The monoisotopic (exact) mass is 228 g/mol. The molecule has 1 rings (SSSR count). The van der Waals surface area contributed by atoms with E-state index in [-0.39, 0.29) is 5.78 Å². The zero-order valence-corrected chi connectivity index (χ0v) is 10.2. The van der Waals surface area contributed by atoms with E-state index in [2.05, 4.69) is 0 Å². The summed E-state index contributed by atoms with van der Waals surface area (Å²) in [7, 11) is 0. The van der Waals surface area contributed by atoms with Gasteiger partial charge in [-0.2, -0.15) is 0 Å². The molecule has 5 nitrogen and oxygen atoms in total. The lowest BCUT2D eigenvalue weighted by Crippen LogP contribution is -2.42. The second-order valence-corrected chi connectivity index (χ2v) is 4.81. The number of ketones is 1. The minimum absolute atomic E-state index is 0.0705. The van der Waals surface area contributed by atoms with E-state index in [1.54, 1.807) is 11.9 Å². The van der Waals surface area contributed by atoms with E-state index in [4.69, 9.17) is 10.6 Å². The Balaban J connectivity index is 2.85. The van der Waals surface area contributed by atoms with Gasteiger partial charge in [0.2, 0.25) is 0 Å². The molecule has 0 aromatic rings. The third kappa shape index (κ3) is 2.80. The topological polar surface area (TPSA) is 72.6 Å². The van der Waals surface area contributed by atoms with Crippen molar-refractivity contribution in [3.63, 3.8) is 0 Å². The second-order valence-electron chi connectivity index (χ2n) is 4.81. The van der Waals surface area contributed by atoms with Crippen molar-refractivity contribution in [2.45, 2.75) is 27.2 Å². The highest BCUT2D eigenvalue weighted by Crippen LogP contribution is 2.28. The van der Waals surface area contributed by atoms with Gasteiger partial charge in [-0.1, -0.05) is 13.8 Å². The summed E-state index contributed by atoms with van der Waals surface area (Å²) in [6.45, 7) is 6.68. The molecule has 0 bridgehead atoms. The normalized spacial score (nSPS) is 26.2. The van der Waals surface area contributed by atoms with E-state index in [0.29, 0.717) is 26.1 Å². The van der Waals surface area contributed by atoms with Crippen LogP contribution in [0.2, 0.25) is 0 Å². The van der Waals surface area contributed by atoms with Crippen molar-refractivity contribution < 1.29 is 14.3 Å². The Labute approximate surface area is 95.9 Å². The van der Waals surface area contributed by atoms with Gasteiger partial charge in [-0.05, 0) is 13.3 Å². The maximum absolute atomic E-state index is 12.1. The zero-order valence-electron chi connectivity index (χ0n) is 10.2. The summed E-state index contributed by atoms with van der Waals surface area (Å²) >= 11 is 0. The van der Waals surface area contributed by atoms with Gasteiger partial charge in [0.05, 0.1) is 6.61 Å². The van der Waals surface area contributed by atoms with Crippen molar-refractivity contribution in [3.8, 4) is 0 Å². The highest BCUT2D eigenvalue weighted by molar-refractivity contribution is 6.02. The van der Waals surface area contributed by atoms with Gasteiger partial charge in [0.25, 0.3) is 0 Å². The molecule has 0 aromatic heterocycles. The SMILES string of the molecule is CCOC(=O)C1CCN(N)CC(C)(C)C1=O. The van der Waals surface area contributed by atoms with Gasteiger partial charge in [0.15, 0.2) is 5.78 Å². The van der Waals surface area contributed by atoms with Crippen LogP contribution >= 0.6 is 0 Å². The maximum atomic E-state index is 12.1. The summed E-state index contributed by atoms with van der Waals surface area (Å²) in [6.07, 6.45) is 0.442. The molecular formula is C11H20N2O3. The number of nitrogens with two attached hydrogens (primary N) is 1. The highest BCUT2D eigenvalue weighted by Gasteiger charge is 2.41. The predicted octanol–water partition coefficient (Wildman–Crippen LogP) is 0.340. The lowest BCUT2D eigenvalue weighted by Gasteiger charge is -2.25. The Bertz CT molecular complexity index is 289. The molecule has 1 aliphatic rings. The fourth-order valence-electron chi connectivity index (χ4n) is 2.03. The molecular weight excluding hydrogens is 208 g/mol. The number of Topliss-reactive ketones (excluding diaryl/α,β-unsaturated/α-hetero) is 1. The Morgan fingerprint density at radius 3 is 2.81 bits per heavy atom. The highest BCUT2D eigenvalue weighted by atomic mass is 16.5. The number of carbonyl (C=O) groups excluding carboxylic acids is 2. The van der Waals surface area contributed by atoms with Crippen molar-refractivity contribution in [1.29, 1.82) is 0 Å². The first-order valence-electron chi connectivity index (χ1n) is 5.59. The summed E-state index contributed by atoms with van der Waals surface area (Å²) in [6, 6.07) is 0. The van der Waals surface area contributed by atoms with E-state index in [1.807, 2.05) is 13.8 Å². The Kier molecular flexibility index (Phi) is 4.04. The molecule has 0 spiro atoms. The Morgan fingerprint density at radius 2 is 2.25 bits per heavy atom. The minimum Gasteiger partial charge on any atom is -0.465 e. The third-order valence-corrected chi connectivity index (χ3v) is 2.86. The van der Waals surface area contributed by atoms with E-state index in [0.717, 1.165) is 0 Å². The molecule has 92 valence electrons. The number of ether oxygens (including phenoxy) is 1. The van der Waals surface area contributed by atoms with Gasteiger partial charge in [-0.3, -0.25) is 15.4 Å². The van der Waals surface area contributed by atoms with Crippen LogP contribution in [0.3, 0.4) is 0 Å². The smallest absolute Gasteiger partial charge is 0.316 e. The van der Waals surface area contributed by atoms with Crippen LogP contribution in [0.4, 0.5) is 0 Å². The first kappa shape index (κ1) is 13.1. The average Bonchev–Trinajstić information content (AvgIpc) is 2.25. The summed E-state index contributed by atoms with van der Waals surface area (Å²) in [4.78, 5) is 23.8. The van der Waals surface area contributed by atoms with Crippen LogP contribution in [-0.4, -0.2) is 36.5 Å². The number of hydrogen-bond acceptors (Lipinski definition) is 5. The molecule has 0 saturated carbocycles. The second kappa shape index (κ2) is 4.93. The van der Waals surface area contributed by atoms with Crippen molar-refractivity contribution >= 4 is 11.8 Å². The summed E-state index contributed by atoms with van der Waals surface area (Å²) in [5.74, 6) is 4.58. The van der Waals surface area contributed by atoms with Crippen LogP contribution in [0.25, 0.3) is 0 Å². The van der Waals surface area contributed by atoms with E-state index < -0.39 is 17.3 Å². The molecule has 0 aromatic carbocycles. The lowest BCUT2D eigenvalue weighted by atomic mass is 9.81. The standard InChI is InChI=1S/C11H20N2O3/c1-4-16-10(15)8-5-6-13(12)7-11(2,3)9(8)14/h8H,4-7,12H2,1-3H3. The number of rotatable bonds is 2. The van der Waals surface area contributed by atoms with Crippen molar-refractivity contribution in [3.05, 3.63) is 0 Å².